The Bertz CT molecular complexity index is 449. The Morgan fingerprint density at radius 2 is 2.05 bits per heavy atom. The SMILES string of the molecule is CCN(CCCNC1CC(=O)N(C)C1=O)S(C)(=O)=O. The number of carbonyl (C=O) groups excluding carboxylic acids is 2. The van der Waals surface area contributed by atoms with Crippen LogP contribution in [0.25, 0.3) is 0 Å². The Kier molecular flexibility index (Phi) is 5.45. The summed E-state index contributed by atoms with van der Waals surface area (Å²) in [6.45, 7) is 3.13. The molecule has 1 rings (SSSR count). The van der Waals surface area contributed by atoms with Crippen molar-refractivity contribution in [1.82, 2.24) is 14.5 Å². The number of imide groups is 1. The highest BCUT2D eigenvalue weighted by Gasteiger charge is 2.35. The fraction of sp³-hybridized carbons (Fsp3) is 0.818. The zero-order chi connectivity index (χ0) is 14.6. The number of rotatable bonds is 7. The lowest BCUT2D eigenvalue weighted by molar-refractivity contribution is -0.137. The number of nitrogens with zero attached hydrogens (tertiary/aromatic N) is 2. The quantitative estimate of drug-likeness (QED) is 0.480. The topological polar surface area (TPSA) is 86.8 Å². The molecule has 8 heteroatoms. The van der Waals surface area contributed by atoms with Crippen molar-refractivity contribution in [2.75, 3.05) is 32.9 Å². The maximum Gasteiger partial charge on any atom is 0.246 e. The summed E-state index contributed by atoms with van der Waals surface area (Å²) in [5.74, 6) is -0.408. The summed E-state index contributed by atoms with van der Waals surface area (Å²) in [5, 5.41) is 2.99. The number of likely N-dealkylation sites (N-methyl/N-ethyl adjacent to an activating group) is 1. The molecule has 1 aliphatic heterocycles. The van der Waals surface area contributed by atoms with Crippen molar-refractivity contribution in [3.63, 3.8) is 0 Å². The summed E-state index contributed by atoms with van der Waals surface area (Å²) in [6, 6.07) is -0.467. The van der Waals surface area contributed by atoms with Crippen LogP contribution >= 0.6 is 0 Å². The van der Waals surface area contributed by atoms with Crippen LogP contribution in [0.5, 0.6) is 0 Å². The number of amides is 2. The Labute approximate surface area is 114 Å². The van der Waals surface area contributed by atoms with Crippen LogP contribution in [0.3, 0.4) is 0 Å². The molecule has 1 unspecified atom stereocenters. The second kappa shape index (κ2) is 6.44. The van der Waals surface area contributed by atoms with E-state index in [9.17, 15) is 18.0 Å². The number of hydrogen-bond acceptors (Lipinski definition) is 5. The molecule has 1 N–H and O–H groups in total. The maximum absolute atomic E-state index is 11.6. The Hall–Kier alpha value is -0.990. The van der Waals surface area contributed by atoms with Crippen LogP contribution in [-0.4, -0.2) is 68.4 Å². The van der Waals surface area contributed by atoms with Gasteiger partial charge in [0.2, 0.25) is 21.8 Å². The molecule has 1 atom stereocenters. The lowest BCUT2D eigenvalue weighted by Gasteiger charge is -2.18. The van der Waals surface area contributed by atoms with Crippen molar-refractivity contribution in [2.24, 2.45) is 0 Å². The molecule has 1 fully saturated rings. The van der Waals surface area contributed by atoms with E-state index in [1.54, 1.807) is 6.92 Å². The van der Waals surface area contributed by atoms with Crippen LogP contribution in [-0.2, 0) is 19.6 Å². The minimum Gasteiger partial charge on any atom is -0.305 e. The van der Waals surface area contributed by atoms with Crippen LogP contribution in [0.4, 0.5) is 0 Å². The van der Waals surface area contributed by atoms with Crippen LogP contribution in [0.1, 0.15) is 19.8 Å². The van der Waals surface area contributed by atoms with E-state index in [1.165, 1.54) is 17.6 Å². The van der Waals surface area contributed by atoms with Gasteiger partial charge in [0.15, 0.2) is 0 Å². The predicted octanol–water partition coefficient (Wildman–Crippen LogP) is -0.995. The third-order valence-electron chi connectivity index (χ3n) is 3.18. The first-order chi connectivity index (χ1) is 8.77. The molecule has 0 radical (unpaired) electrons. The van der Waals surface area contributed by atoms with Gasteiger partial charge < -0.3 is 5.32 Å². The molecule has 0 aromatic heterocycles. The minimum atomic E-state index is -3.17. The smallest absolute Gasteiger partial charge is 0.246 e. The van der Waals surface area contributed by atoms with E-state index in [0.717, 1.165) is 4.90 Å². The van der Waals surface area contributed by atoms with Gasteiger partial charge in [-0.05, 0) is 13.0 Å². The van der Waals surface area contributed by atoms with Gasteiger partial charge in [-0.15, -0.1) is 0 Å². The van der Waals surface area contributed by atoms with E-state index >= 15 is 0 Å². The lowest BCUT2D eigenvalue weighted by Crippen LogP contribution is -2.39. The van der Waals surface area contributed by atoms with Crippen molar-refractivity contribution in [1.29, 1.82) is 0 Å². The number of carbonyl (C=O) groups is 2. The van der Waals surface area contributed by atoms with Gasteiger partial charge in [0.1, 0.15) is 0 Å². The van der Waals surface area contributed by atoms with Crippen LogP contribution in [0.2, 0.25) is 0 Å². The number of sulfonamides is 1. The van der Waals surface area contributed by atoms with Crippen molar-refractivity contribution >= 4 is 21.8 Å². The van der Waals surface area contributed by atoms with Crippen molar-refractivity contribution < 1.29 is 18.0 Å². The van der Waals surface area contributed by atoms with Crippen molar-refractivity contribution in [3.8, 4) is 0 Å². The first-order valence-electron chi connectivity index (χ1n) is 6.26. The molecule has 0 aromatic carbocycles. The second-order valence-corrected chi connectivity index (χ2v) is 6.59. The van der Waals surface area contributed by atoms with E-state index in [-0.39, 0.29) is 18.2 Å². The first kappa shape index (κ1) is 16.1. The normalized spacial score (nSPS) is 20.6. The third-order valence-corrected chi connectivity index (χ3v) is 4.56. The summed E-state index contributed by atoms with van der Waals surface area (Å²) >= 11 is 0. The standard InChI is InChI=1S/C11H21N3O4S/c1-4-14(19(3,17)18)7-5-6-12-9-8-10(15)13(2)11(9)16/h9,12H,4-8H2,1-3H3. The molecule has 0 bridgehead atoms. The fourth-order valence-electron chi connectivity index (χ4n) is 2.01. The van der Waals surface area contributed by atoms with E-state index in [4.69, 9.17) is 0 Å². The highest BCUT2D eigenvalue weighted by Crippen LogP contribution is 2.10. The Morgan fingerprint density at radius 1 is 1.42 bits per heavy atom. The molecule has 0 spiro atoms. The van der Waals surface area contributed by atoms with Crippen LogP contribution in [0.15, 0.2) is 0 Å². The summed E-state index contributed by atoms with van der Waals surface area (Å²) in [7, 11) is -1.70. The number of nitrogens with one attached hydrogen (secondary N) is 1. The largest absolute Gasteiger partial charge is 0.305 e. The number of hydrogen-bond donors (Lipinski definition) is 1. The molecule has 1 aliphatic rings. The molecule has 1 saturated heterocycles. The highest BCUT2D eigenvalue weighted by molar-refractivity contribution is 7.88. The van der Waals surface area contributed by atoms with Crippen LogP contribution < -0.4 is 5.32 Å². The van der Waals surface area contributed by atoms with Crippen molar-refractivity contribution in [3.05, 3.63) is 0 Å². The monoisotopic (exact) mass is 291 g/mol. The minimum absolute atomic E-state index is 0.179. The van der Waals surface area contributed by atoms with E-state index in [0.29, 0.717) is 26.1 Å². The van der Waals surface area contributed by atoms with Gasteiger partial charge >= 0.3 is 0 Å². The second-order valence-electron chi connectivity index (χ2n) is 4.61. The molecule has 1 heterocycles. The molecular formula is C11H21N3O4S. The van der Waals surface area contributed by atoms with Crippen LogP contribution in [0, 0.1) is 0 Å². The molecule has 0 aromatic rings. The highest BCUT2D eigenvalue weighted by atomic mass is 32.2. The van der Waals surface area contributed by atoms with Gasteiger partial charge in [-0.1, -0.05) is 6.92 Å². The van der Waals surface area contributed by atoms with Gasteiger partial charge in [0.25, 0.3) is 0 Å². The molecule has 2 amide bonds. The zero-order valence-corrected chi connectivity index (χ0v) is 12.4. The predicted molar refractivity (Wildman–Crippen MR) is 70.9 cm³/mol. The first-order valence-corrected chi connectivity index (χ1v) is 8.11. The maximum atomic E-state index is 11.6. The Balaban J connectivity index is 2.32. The van der Waals surface area contributed by atoms with Gasteiger partial charge in [-0.3, -0.25) is 14.5 Å². The molecular weight excluding hydrogens is 270 g/mol. The van der Waals surface area contributed by atoms with Crippen molar-refractivity contribution in [2.45, 2.75) is 25.8 Å². The fourth-order valence-corrected chi connectivity index (χ4v) is 2.93. The average molecular weight is 291 g/mol. The van der Waals surface area contributed by atoms with E-state index in [2.05, 4.69) is 5.32 Å². The number of likely N-dealkylation sites (tertiary alicyclic amines) is 1. The average Bonchev–Trinajstić information content (AvgIpc) is 2.55. The molecule has 19 heavy (non-hydrogen) atoms. The lowest BCUT2D eigenvalue weighted by atomic mass is 10.2. The van der Waals surface area contributed by atoms with Gasteiger partial charge in [-0.2, -0.15) is 0 Å². The van der Waals surface area contributed by atoms with E-state index in [1.807, 2.05) is 0 Å². The Morgan fingerprint density at radius 3 is 2.47 bits per heavy atom. The zero-order valence-electron chi connectivity index (χ0n) is 11.5. The van der Waals surface area contributed by atoms with Gasteiger partial charge in [-0.25, -0.2) is 12.7 Å². The van der Waals surface area contributed by atoms with Gasteiger partial charge in [0.05, 0.1) is 18.7 Å². The third kappa shape index (κ3) is 4.26. The molecule has 0 saturated carbocycles. The molecule has 0 aliphatic carbocycles. The van der Waals surface area contributed by atoms with Gasteiger partial charge in [0, 0.05) is 20.1 Å². The molecule has 110 valence electrons. The summed E-state index contributed by atoms with van der Waals surface area (Å²) < 4.78 is 24.1. The summed E-state index contributed by atoms with van der Waals surface area (Å²) in [4.78, 5) is 24.0. The molecule has 7 nitrogen and oxygen atoms in total. The summed E-state index contributed by atoms with van der Waals surface area (Å²) in [5.41, 5.74) is 0. The van der Waals surface area contributed by atoms with E-state index < -0.39 is 16.1 Å². The summed E-state index contributed by atoms with van der Waals surface area (Å²) in [6.07, 6.45) is 1.96.